The number of aryl methyl sites for hydroxylation is 2. The van der Waals surface area contributed by atoms with E-state index < -0.39 is 17.6 Å². The van der Waals surface area contributed by atoms with Gasteiger partial charge < -0.3 is 10.6 Å². The number of amides is 2. The van der Waals surface area contributed by atoms with E-state index in [1.165, 1.54) is 41.2 Å². The third-order valence-corrected chi connectivity index (χ3v) is 6.12. The number of carbonyl (C=O) groups excluding carboxylic acids is 2. The Morgan fingerprint density at radius 3 is 2.47 bits per heavy atom. The Hall–Kier alpha value is -4.83. The number of benzene rings is 2. The molecule has 0 aliphatic rings. The minimum atomic E-state index is -0.571. The topological polar surface area (TPSA) is 118 Å². The van der Waals surface area contributed by atoms with Crippen molar-refractivity contribution in [2.75, 3.05) is 10.6 Å². The van der Waals surface area contributed by atoms with Crippen molar-refractivity contribution >= 4 is 34.9 Å². The molecular weight excluding hydrogens is 509 g/mol. The van der Waals surface area contributed by atoms with E-state index in [4.69, 9.17) is 11.6 Å². The Kier molecular flexibility index (Phi) is 6.71. The highest BCUT2D eigenvalue weighted by molar-refractivity contribution is 6.34. The molecule has 11 heteroatoms. The lowest BCUT2D eigenvalue weighted by atomic mass is 10.1. The van der Waals surface area contributed by atoms with Gasteiger partial charge in [-0.15, -0.1) is 0 Å². The Morgan fingerprint density at radius 1 is 0.974 bits per heavy atom. The first kappa shape index (κ1) is 24.8. The number of rotatable bonds is 6. The Labute approximate surface area is 221 Å². The van der Waals surface area contributed by atoms with Gasteiger partial charge in [0, 0.05) is 17.8 Å². The fraction of sp³-hybridized carbons (Fsp3) is 0.0741. The zero-order valence-electron chi connectivity index (χ0n) is 20.3. The molecule has 5 rings (SSSR count). The number of aromatic nitrogens is 5. The number of carbonyl (C=O) groups is 2. The van der Waals surface area contributed by atoms with Crippen molar-refractivity contribution in [2.45, 2.75) is 13.8 Å². The van der Waals surface area contributed by atoms with Crippen LogP contribution in [-0.4, -0.2) is 36.8 Å². The van der Waals surface area contributed by atoms with Crippen LogP contribution < -0.4 is 10.6 Å². The SMILES string of the molecule is Cc1n[nH]c(C)c1NC(=O)c1cc(NC(=O)c2cc(-c3ncccc3F)ccc2Cl)n(-c2ccccc2)n1. The average Bonchev–Trinajstić information content (AvgIpc) is 3.48. The third kappa shape index (κ3) is 4.89. The summed E-state index contributed by atoms with van der Waals surface area (Å²) in [5.41, 5.74) is 3.16. The molecule has 5 aromatic rings. The van der Waals surface area contributed by atoms with Crippen LogP contribution in [0, 0.1) is 19.7 Å². The molecule has 0 spiro atoms. The van der Waals surface area contributed by atoms with Crippen molar-refractivity contribution in [1.29, 1.82) is 0 Å². The molecule has 2 aromatic carbocycles. The van der Waals surface area contributed by atoms with Crippen LogP contribution in [0.3, 0.4) is 0 Å². The first-order chi connectivity index (χ1) is 18.3. The van der Waals surface area contributed by atoms with Crippen LogP contribution in [0.1, 0.15) is 32.2 Å². The second-order valence-corrected chi connectivity index (χ2v) is 8.82. The van der Waals surface area contributed by atoms with Gasteiger partial charge in [-0.05, 0) is 50.2 Å². The second-order valence-electron chi connectivity index (χ2n) is 8.41. The van der Waals surface area contributed by atoms with E-state index in [9.17, 15) is 14.0 Å². The van der Waals surface area contributed by atoms with E-state index in [1.807, 2.05) is 18.2 Å². The zero-order valence-corrected chi connectivity index (χ0v) is 21.0. The summed E-state index contributed by atoms with van der Waals surface area (Å²) in [5.74, 6) is -1.34. The van der Waals surface area contributed by atoms with E-state index in [-0.39, 0.29) is 27.8 Å². The van der Waals surface area contributed by atoms with Crippen molar-refractivity contribution in [1.82, 2.24) is 25.0 Å². The number of H-pyrrole nitrogens is 1. The Morgan fingerprint density at radius 2 is 1.76 bits per heavy atom. The predicted molar refractivity (Wildman–Crippen MR) is 142 cm³/mol. The highest BCUT2D eigenvalue weighted by atomic mass is 35.5. The molecule has 0 fully saturated rings. The minimum Gasteiger partial charge on any atom is -0.317 e. The number of para-hydroxylation sites is 1. The van der Waals surface area contributed by atoms with Crippen LogP contribution in [0.5, 0.6) is 0 Å². The van der Waals surface area contributed by atoms with Gasteiger partial charge in [0.1, 0.15) is 17.3 Å². The summed E-state index contributed by atoms with van der Waals surface area (Å²) in [6, 6.07) is 17.8. The summed E-state index contributed by atoms with van der Waals surface area (Å²) in [5, 5.41) is 17.1. The van der Waals surface area contributed by atoms with Gasteiger partial charge in [0.25, 0.3) is 11.8 Å². The normalized spacial score (nSPS) is 10.8. The molecule has 0 aliphatic carbocycles. The number of hydrogen-bond donors (Lipinski definition) is 3. The molecule has 0 radical (unpaired) electrons. The number of halogens is 2. The Bertz CT molecular complexity index is 1640. The van der Waals surface area contributed by atoms with Gasteiger partial charge in [0.2, 0.25) is 0 Å². The minimum absolute atomic E-state index is 0.0690. The molecule has 0 saturated heterocycles. The highest BCUT2D eigenvalue weighted by Crippen LogP contribution is 2.27. The molecule has 0 aliphatic heterocycles. The maximum atomic E-state index is 14.3. The highest BCUT2D eigenvalue weighted by Gasteiger charge is 2.21. The molecule has 38 heavy (non-hydrogen) atoms. The summed E-state index contributed by atoms with van der Waals surface area (Å²) in [6.07, 6.45) is 1.46. The molecule has 3 N–H and O–H groups in total. The quantitative estimate of drug-likeness (QED) is 0.266. The average molecular weight is 530 g/mol. The number of pyridine rings is 1. The van der Waals surface area contributed by atoms with Crippen molar-refractivity contribution in [3.8, 4) is 16.9 Å². The van der Waals surface area contributed by atoms with Gasteiger partial charge in [-0.25, -0.2) is 9.07 Å². The molecule has 9 nitrogen and oxygen atoms in total. The van der Waals surface area contributed by atoms with Crippen molar-refractivity contribution in [3.63, 3.8) is 0 Å². The third-order valence-electron chi connectivity index (χ3n) is 5.79. The van der Waals surface area contributed by atoms with E-state index in [0.717, 1.165) is 0 Å². The van der Waals surface area contributed by atoms with Crippen LogP contribution in [0.15, 0.2) is 72.9 Å². The van der Waals surface area contributed by atoms with E-state index >= 15 is 0 Å². The summed E-state index contributed by atoms with van der Waals surface area (Å²) < 4.78 is 15.8. The lowest BCUT2D eigenvalue weighted by Crippen LogP contribution is -2.16. The van der Waals surface area contributed by atoms with Crippen molar-refractivity contribution < 1.29 is 14.0 Å². The maximum absolute atomic E-state index is 14.3. The number of hydrogen-bond acceptors (Lipinski definition) is 5. The van der Waals surface area contributed by atoms with E-state index in [2.05, 4.69) is 30.9 Å². The van der Waals surface area contributed by atoms with E-state index in [1.54, 1.807) is 32.0 Å². The van der Waals surface area contributed by atoms with Crippen LogP contribution in [-0.2, 0) is 0 Å². The summed E-state index contributed by atoms with van der Waals surface area (Å²) in [4.78, 5) is 30.5. The first-order valence-electron chi connectivity index (χ1n) is 11.5. The van der Waals surface area contributed by atoms with Gasteiger partial charge in [0.15, 0.2) is 5.69 Å². The monoisotopic (exact) mass is 529 g/mol. The number of nitrogens with one attached hydrogen (secondary N) is 3. The van der Waals surface area contributed by atoms with Gasteiger partial charge in [-0.3, -0.25) is 19.7 Å². The smallest absolute Gasteiger partial charge is 0.276 e. The summed E-state index contributed by atoms with van der Waals surface area (Å²) in [6.45, 7) is 3.56. The van der Waals surface area contributed by atoms with Gasteiger partial charge in [0.05, 0.1) is 33.3 Å². The van der Waals surface area contributed by atoms with Gasteiger partial charge >= 0.3 is 0 Å². The van der Waals surface area contributed by atoms with Crippen LogP contribution >= 0.6 is 11.6 Å². The molecule has 2 amide bonds. The number of anilines is 2. The largest absolute Gasteiger partial charge is 0.317 e. The number of nitrogens with zero attached hydrogens (tertiary/aromatic N) is 4. The standard InChI is InChI=1S/C27H21ClFN7O2/c1-15-24(16(2)34-33-15)32-27(38)22-14-23(36(35-22)18-7-4-3-5-8-18)31-26(37)19-13-17(10-11-20(19)28)25-21(29)9-6-12-30-25/h3-14H,1-2H3,(H,31,37)(H,32,38)(H,33,34). The lowest BCUT2D eigenvalue weighted by Gasteiger charge is -2.11. The lowest BCUT2D eigenvalue weighted by molar-refractivity contribution is 0.101. The molecule has 0 saturated carbocycles. The molecule has 0 atom stereocenters. The zero-order chi connectivity index (χ0) is 26.8. The molecule has 3 aromatic heterocycles. The van der Waals surface area contributed by atoms with Crippen LogP contribution in [0.2, 0.25) is 5.02 Å². The molecular formula is C27H21ClFN7O2. The van der Waals surface area contributed by atoms with Gasteiger partial charge in [-0.2, -0.15) is 10.2 Å². The van der Waals surface area contributed by atoms with Gasteiger partial charge in [-0.1, -0.05) is 35.9 Å². The number of aromatic amines is 1. The second kappa shape index (κ2) is 10.3. The first-order valence-corrected chi connectivity index (χ1v) is 11.9. The Balaban J connectivity index is 1.49. The fourth-order valence-corrected chi connectivity index (χ4v) is 4.09. The van der Waals surface area contributed by atoms with E-state index in [0.29, 0.717) is 28.3 Å². The van der Waals surface area contributed by atoms with Crippen LogP contribution in [0.25, 0.3) is 16.9 Å². The molecule has 190 valence electrons. The molecule has 0 bridgehead atoms. The van der Waals surface area contributed by atoms with Crippen molar-refractivity contribution in [2.24, 2.45) is 0 Å². The van der Waals surface area contributed by atoms with Crippen LogP contribution in [0.4, 0.5) is 15.9 Å². The fourth-order valence-electron chi connectivity index (χ4n) is 3.89. The maximum Gasteiger partial charge on any atom is 0.276 e. The summed E-state index contributed by atoms with van der Waals surface area (Å²) >= 11 is 6.34. The molecule has 0 unspecified atom stereocenters. The summed E-state index contributed by atoms with van der Waals surface area (Å²) in [7, 11) is 0. The molecule has 3 heterocycles. The predicted octanol–water partition coefficient (Wildman–Crippen LogP) is 5.57. The van der Waals surface area contributed by atoms with Crippen molar-refractivity contribution in [3.05, 3.63) is 106 Å².